The highest BCUT2D eigenvalue weighted by Crippen LogP contribution is 2.25. The Bertz CT molecular complexity index is 642. The molecular weight excluding hydrogens is 251 g/mol. The second-order valence-electron chi connectivity index (χ2n) is 5.03. The molecular formula is C17H17FN2. The first-order valence-electron chi connectivity index (χ1n) is 6.62. The van der Waals surface area contributed by atoms with Crippen LogP contribution in [0.15, 0.2) is 42.5 Å². The van der Waals surface area contributed by atoms with Crippen molar-refractivity contribution in [3.63, 3.8) is 0 Å². The van der Waals surface area contributed by atoms with Gasteiger partial charge in [0.25, 0.3) is 0 Å². The maximum Gasteiger partial charge on any atom is 0.123 e. The number of benzene rings is 2. The van der Waals surface area contributed by atoms with Gasteiger partial charge < -0.3 is 5.32 Å². The average Bonchev–Trinajstić information content (AvgIpc) is 2.45. The molecule has 1 N–H and O–H groups in total. The SMILES string of the molecule is CC(C)NCc1cc(F)ccc1-c1cccc(C#N)c1. The molecule has 0 atom stereocenters. The number of nitriles is 1. The van der Waals surface area contributed by atoms with Gasteiger partial charge in [0.2, 0.25) is 0 Å². The van der Waals surface area contributed by atoms with E-state index in [1.165, 1.54) is 6.07 Å². The number of halogens is 1. The summed E-state index contributed by atoms with van der Waals surface area (Å²) in [5.74, 6) is -0.245. The van der Waals surface area contributed by atoms with Crippen molar-refractivity contribution in [1.82, 2.24) is 5.32 Å². The summed E-state index contributed by atoms with van der Waals surface area (Å²) in [7, 11) is 0. The standard InChI is InChI=1S/C17H17FN2/c1-12(2)20-11-15-9-16(18)6-7-17(15)14-5-3-4-13(8-14)10-19/h3-9,12,20H,11H2,1-2H3. The Morgan fingerprint density at radius 2 is 2.00 bits per heavy atom. The third kappa shape index (κ3) is 3.43. The molecule has 0 aliphatic heterocycles. The Kier molecular flexibility index (Phi) is 4.49. The molecule has 0 bridgehead atoms. The van der Waals surface area contributed by atoms with Crippen LogP contribution in [0.2, 0.25) is 0 Å². The van der Waals surface area contributed by atoms with E-state index < -0.39 is 0 Å². The van der Waals surface area contributed by atoms with Crippen molar-refractivity contribution in [2.45, 2.75) is 26.4 Å². The quantitative estimate of drug-likeness (QED) is 0.914. The zero-order valence-corrected chi connectivity index (χ0v) is 11.7. The van der Waals surface area contributed by atoms with Crippen LogP contribution in [0.4, 0.5) is 4.39 Å². The Hall–Kier alpha value is -2.18. The third-order valence-corrected chi connectivity index (χ3v) is 3.07. The molecule has 2 aromatic rings. The van der Waals surface area contributed by atoms with E-state index in [1.807, 2.05) is 18.2 Å². The predicted molar refractivity (Wildman–Crippen MR) is 78.5 cm³/mol. The van der Waals surface area contributed by atoms with Crippen molar-refractivity contribution in [1.29, 1.82) is 5.26 Å². The Labute approximate surface area is 118 Å². The lowest BCUT2D eigenvalue weighted by molar-refractivity contribution is 0.582. The minimum Gasteiger partial charge on any atom is -0.310 e. The van der Waals surface area contributed by atoms with E-state index in [2.05, 4.69) is 25.2 Å². The molecule has 3 heteroatoms. The summed E-state index contributed by atoms with van der Waals surface area (Å²) in [6.07, 6.45) is 0. The summed E-state index contributed by atoms with van der Waals surface area (Å²) in [5.41, 5.74) is 3.39. The highest BCUT2D eigenvalue weighted by atomic mass is 19.1. The minimum absolute atomic E-state index is 0.245. The molecule has 0 radical (unpaired) electrons. The van der Waals surface area contributed by atoms with Crippen LogP contribution in [-0.4, -0.2) is 6.04 Å². The number of nitrogens with zero attached hydrogens (tertiary/aromatic N) is 1. The van der Waals surface area contributed by atoms with Gasteiger partial charge in [0, 0.05) is 12.6 Å². The van der Waals surface area contributed by atoms with Crippen molar-refractivity contribution < 1.29 is 4.39 Å². The monoisotopic (exact) mass is 268 g/mol. The zero-order chi connectivity index (χ0) is 14.5. The molecule has 0 aromatic heterocycles. The van der Waals surface area contributed by atoms with Crippen molar-refractivity contribution in [2.24, 2.45) is 0 Å². The van der Waals surface area contributed by atoms with Gasteiger partial charge in [-0.3, -0.25) is 0 Å². The number of rotatable bonds is 4. The van der Waals surface area contributed by atoms with Crippen LogP contribution in [0.25, 0.3) is 11.1 Å². The van der Waals surface area contributed by atoms with E-state index in [-0.39, 0.29) is 5.82 Å². The van der Waals surface area contributed by atoms with Crippen LogP contribution in [-0.2, 0) is 6.54 Å². The molecule has 2 nitrogen and oxygen atoms in total. The van der Waals surface area contributed by atoms with Gasteiger partial charge in [-0.25, -0.2) is 4.39 Å². The molecule has 0 heterocycles. The Morgan fingerprint density at radius 1 is 1.20 bits per heavy atom. The molecule has 0 aliphatic carbocycles. The first kappa shape index (κ1) is 14.2. The van der Waals surface area contributed by atoms with Crippen molar-refractivity contribution in [2.75, 3.05) is 0 Å². The van der Waals surface area contributed by atoms with Crippen LogP contribution >= 0.6 is 0 Å². The zero-order valence-electron chi connectivity index (χ0n) is 11.7. The Morgan fingerprint density at radius 3 is 2.70 bits per heavy atom. The lowest BCUT2D eigenvalue weighted by Crippen LogP contribution is -2.22. The molecule has 0 amide bonds. The van der Waals surface area contributed by atoms with Gasteiger partial charge in [-0.2, -0.15) is 5.26 Å². The minimum atomic E-state index is -0.245. The highest BCUT2D eigenvalue weighted by molar-refractivity contribution is 5.68. The molecule has 20 heavy (non-hydrogen) atoms. The first-order valence-corrected chi connectivity index (χ1v) is 6.62. The normalized spacial score (nSPS) is 10.6. The molecule has 0 aliphatic rings. The van der Waals surface area contributed by atoms with E-state index in [0.717, 1.165) is 16.7 Å². The van der Waals surface area contributed by atoms with Crippen molar-refractivity contribution >= 4 is 0 Å². The van der Waals surface area contributed by atoms with E-state index in [9.17, 15) is 4.39 Å². The predicted octanol–water partition coefficient (Wildman–Crippen LogP) is 3.86. The highest BCUT2D eigenvalue weighted by Gasteiger charge is 2.08. The molecule has 0 fully saturated rings. The van der Waals surface area contributed by atoms with E-state index in [0.29, 0.717) is 18.2 Å². The van der Waals surface area contributed by atoms with Gasteiger partial charge in [-0.15, -0.1) is 0 Å². The second kappa shape index (κ2) is 6.31. The van der Waals surface area contributed by atoms with Crippen LogP contribution < -0.4 is 5.32 Å². The molecule has 0 unspecified atom stereocenters. The van der Waals surface area contributed by atoms with Crippen LogP contribution in [0.1, 0.15) is 25.0 Å². The maximum atomic E-state index is 13.5. The number of hydrogen-bond donors (Lipinski definition) is 1. The van der Waals surface area contributed by atoms with Crippen LogP contribution in [0, 0.1) is 17.1 Å². The van der Waals surface area contributed by atoms with Gasteiger partial charge in [0.05, 0.1) is 11.6 Å². The first-order chi connectivity index (χ1) is 9.60. The molecule has 2 aromatic carbocycles. The van der Waals surface area contributed by atoms with Crippen molar-refractivity contribution in [3.05, 3.63) is 59.4 Å². The average molecular weight is 268 g/mol. The van der Waals surface area contributed by atoms with Crippen LogP contribution in [0.3, 0.4) is 0 Å². The fourth-order valence-corrected chi connectivity index (χ4v) is 2.06. The van der Waals surface area contributed by atoms with E-state index >= 15 is 0 Å². The number of hydrogen-bond acceptors (Lipinski definition) is 2. The molecule has 0 saturated carbocycles. The molecule has 102 valence electrons. The Balaban J connectivity index is 2.42. The van der Waals surface area contributed by atoms with Gasteiger partial charge in [0.15, 0.2) is 0 Å². The second-order valence-corrected chi connectivity index (χ2v) is 5.03. The summed E-state index contributed by atoms with van der Waals surface area (Å²) in [6, 6.07) is 14.6. The largest absolute Gasteiger partial charge is 0.310 e. The summed E-state index contributed by atoms with van der Waals surface area (Å²) in [4.78, 5) is 0. The molecule has 2 rings (SSSR count). The molecule has 0 spiro atoms. The lowest BCUT2D eigenvalue weighted by Gasteiger charge is -2.13. The van der Waals surface area contributed by atoms with Gasteiger partial charge >= 0.3 is 0 Å². The molecule has 0 saturated heterocycles. The topological polar surface area (TPSA) is 35.8 Å². The van der Waals surface area contributed by atoms with Crippen molar-refractivity contribution in [3.8, 4) is 17.2 Å². The fraction of sp³-hybridized carbons (Fsp3) is 0.235. The van der Waals surface area contributed by atoms with Crippen LogP contribution in [0.5, 0.6) is 0 Å². The van der Waals surface area contributed by atoms with Gasteiger partial charge in [0.1, 0.15) is 5.82 Å². The summed E-state index contributed by atoms with van der Waals surface area (Å²) in [5, 5.41) is 12.3. The smallest absolute Gasteiger partial charge is 0.123 e. The number of nitrogens with one attached hydrogen (secondary N) is 1. The maximum absolute atomic E-state index is 13.5. The lowest BCUT2D eigenvalue weighted by atomic mass is 9.98. The van der Waals surface area contributed by atoms with Gasteiger partial charge in [-0.1, -0.05) is 32.0 Å². The summed E-state index contributed by atoms with van der Waals surface area (Å²) in [6.45, 7) is 4.70. The fourth-order valence-electron chi connectivity index (χ4n) is 2.06. The van der Waals surface area contributed by atoms with E-state index in [4.69, 9.17) is 5.26 Å². The van der Waals surface area contributed by atoms with Gasteiger partial charge in [-0.05, 0) is 41.0 Å². The third-order valence-electron chi connectivity index (χ3n) is 3.07. The summed E-state index contributed by atoms with van der Waals surface area (Å²) >= 11 is 0. The summed E-state index contributed by atoms with van der Waals surface area (Å²) < 4.78 is 13.5. The van der Waals surface area contributed by atoms with E-state index in [1.54, 1.807) is 18.2 Å².